The maximum atomic E-state index is 4.76. The topological polar surface area (TPSA) is 67.3 Å². The van der Waals surface area contributed by atoms with Gasteiger partial charge >= 0.3 is 33.3 Å². The third-order valence-electron chi connectivity index (χ3n) is 2.29. The van der Waals surface area contributed by atoms with Gasteiger partial charge in [0, 0.05) is 12.4 Å². The standard InChI is InChI=1S/C12H9N5.2ClH.Fe/c1-3-7-13-9(5-1)11-15-12(17-16-11)10-6-2-4-8-14-10;;;/h1-8H,(H,15,16,17);2*1H;/q;;;+2/p-2. The first kappa shape index (κ1) is 14.9. The molecule has 0 aromatic carbocycles. The van der Waals surface area contributed by atoms with Crippen molar-refractivity contribution in [2.45, 2.75) is 0 Å². The van der Waals surface area contributed by atoms with Crippen LogP contribution in [0.25, 0.3) is 23.0 Å². The summed E-state index contributed by atoms with van der Waals surface area (Å²) in [6.07, 6.45) is 3.43. The minimum atomic E-state index is 0.194. The van der Waals surface area contributed by atoms with Crippen LogP contribution in [0.5, 0.6) is 0 Å². The van der Waals surface area contributed by atoms with Gasteiger partial charge in [0.15, 0.2) is 11.6 Å². The Morgan fingerprint density at radius 2 is 1.50 bits per heavy atom. The van der Waals surface area contributed by atoms with Crippen LogP contribution < -0.4 is 0 Å². The van der Waals surface area contributed by atoms with Crippen molar-refractivity contribution in [1.82, 2.24) is 25.1 Å². The van der Waals surface area contributed by atoms with Crippen LogP contribution in [-0.4, -0.2) is 25.1 Å². The van der Waals surface area contributed by atoms with E-state index in [1.54, 1.807) is 12.4 Å². The van der Waals surface area contributed by atoms with Gasteiger partial charge in [-0.3, -0.25) is 15.1 Å². The Balaban J connectivity index is 0.000000452. The van der Waals surface area contributed by atoms with Crippen LogP contribution in [0.3, 0.4) is 0 Å². The Morgan fingerprint density at radius 3 is 2.05 bits per heavy atom. The van der Waals surface area contributed by atoms with Crippen molar-refractivity contribution in [1.29, 1.82) is 0 Å². The van der Waals surface area contributed by atoms with Crippen molar-refractivity contribution in [3.05, 3.63) is 48.8 Å². The van der Waals surface area contributed by atoms with Gasteiger partial charge in [0.2, 0.25) is 0 Å². The van der Waals surface area contributed by atoms with Gasteiger partial charge in [0.25, 0.3) is 0 Å². The van der Waals surface area contributed by atoms with E-state index in [0.29, 0.717) is 11.6 Å². The number of halogens is 2. The normalized spacial score (nSPS) is 9.90. The summed E-state index contributed by atoms with van der Waals surface area (Å²) in [5.74, 6) is 1.22. The van der Waals surface area contributed by atoms with E-state index in [9.17, 15) is 0 Å². The zero-order chi connectivity index (χ0) is 14.2. The molecule has 3 aromatic rings. The minimum absolute atomic E-state index is 0.194. The summed E-state index contributed by atoms with van der Waals surface area (Å²) in [6, 6.07) is 11.3. The molecular weight excluding hydrogens is 341 g/mol. The molecule has 0 spiro atoms. The SMILES string of the molecule is [Cl][Fe][Cl].c1ccc(-c2n[nH]c(-c3ccccn3)n2)nc1. The molecule has 3 rings (SSSR count). The number of pyridine rings is 2. The van der Waals surface area contributed by atoms with Gasteiger partial charge in [0.1, 0.15) is 11.4 Å². The molecule has 0 atom stereocenters. The second kappa shape index (κ2) is 7.97. The zero-order valence-electron chi connectivity index (χ0n) is 10.0. The number of H-pyrrole nitrogens is 1. The number of hydrogen-bond donors (Lipinski definition) is 1. The molecule has 0 amide bonds. The number of aromatic amines is 1. The summed E-state index contributed by atoms with van der Waals surface area (Å²) >= 11 is 0.194. The average Bonchev–Trinajstić information content (AvgIpc) is 3.00. The molecule has 0 saturated carbocycles. The van der Waals surface area contributed by atoms with Crippen LogP contribution in [0, 0.1) is 0 Å². The van der Waals surface area contributed by atoms with Crippen LogP contribution in [0.2, 0.25) is 0 Å². The van der Waals surface area contributed by atoms with Gasteiger partial charge in [-0.15, -0.1) is 0 Å². The number of hydrogen-bond acceptors (Lipinski definition) is 4. The van der Waals surface area contributed by atoms with Crippen molar-refractivity contribution in [3.8, 4) is 23.0 Å². The van der Waals surface area contributed by atoms with E-state index in [1.165, 1.54) is 0 Å². The Labute approximate surface area is 130 Å². The molecule has 0 aliphatic heterocycles. The summed E-state index contributed by atoms with van der Waals surface area (Å²) in [5.41, 5.74) is 1.51. The third kappa shape index (κ3) is 4.02. The molecular formula is C12H9Cl2FeN5. The Kier molecular flexibility index (Phi) is 5.95. The first-order chi connectivity index (χ1) is 9.85. The molecule has 8 heteroatoms. The van der Waals surface area contributed by atoms with Crippen molar-refractivity contribution in [3.63, 3.8) is 0 Å². The van der Waals surface area contributed by atoms with Crippen molar-refractivity contribution < 1.29 is 13.1 Å². The molecule has 1 N–H and O–H groups in total. The number of nitrogens with zero attached hydrogens (tertiary/aromatic N) is 4. The van der Waals surface area contributed by atoms with Gasteiger partial charge in [0.05, 0.1) is 0 Å². The fourth-order valence-electron chi connectivity index (χ4n) is 1.49. The Morgan fingerprint density at radius 1 is 0.900 bits per heavy atom. The number of nitrogens with one attached hydrogen (secondary N) is 1. The van der Waals surface area contributed by atoms with Crippen LogP contribution in [0.15, 0.2) is 48.8 Å². The van der Waals surface area contributed by atoms with Crippen molar-refractivity contribution in [2.24, 2.45) is 0 Å². The Bertz CT molecular complexity index is 579. The molecule has 20 heavy (non-hydrogen) atoms. The molecule has 0 aliphatic carbocycles. The van der Waals surface area contributed by atoms with Gasteiger partial charge in [-0.25, -0.2) is 4.98 Å². The molecule has 0 unspecified atom stereocenters. The predicted octanol–water partition coefficient (Wildman–Crippen LogP) is 3.31. The maximum absolute atomic E-state index is 4.76. The molecule has 0 radical (unpaired) electrons. The molecule has 5 nitrogen and oxygen atoms in total. The average molecular weight is 350 g/mol. The van der Waals surface area contributed by atoms with Crippen LogP contribution in [0.4, 0.5) is 0 Å². The molecule has 0 saturated heterocycles. The van der Waals surface area contributed by atoms with E-state index in [0.717, 1.165) is 11.4 Å². The van der Waals surface area contributed by atoms with Gasteiger partial charge in [-0.1, -0.05) is 12.1 Å². The number of aromatic nitrogens is 5. The van der Waals surface area contributed by atoms with Gasteiger partial charge in [-0.05, 0) is 24.3 Å². The summed E-state index contributed by atoms with van der Waals surface area (Å²) in [4.78, 5) is 12.8. The third-order valence-corrected chi connectivity index (χ3v) is 2.29. The second-order valence-corrected chi connectivity index (χ2v) is 5.31. The summed E-state index contributed by atoms with van der Waals surface area (Å²) in [6.45, 7) is 0. The first-order valence-corrected chi connectivity index (χ1v) is 8.49. The zero-order valence-corrected chi connectivity index (χ0v) is 12.6. The van der Waals surface area contributed by atoms with Gasteiger partial charge in [-0.2, -0.15) is 5.10 Å². The molecule has 3 aromatic heterocycles. The fraction of sp³-hybridized carbons (Fsp3) is 0. The first-order valence-electron chi connectivity index (χ1n) is 5.45. The molecule has 0 fully saturated rings. The van der Waals surface area contributed by atoms with E-state index >= 15 is 0 Å². The van der Waals surface area contributed by atoms with Crippen molar-refractivity contribution in [2.75, 3.05) is 0 Å². The predicted molar refractivity (Wildman–Crippen MR) is 74.6 cm³/mol. The second-order valence-electron chi connectivity index (χ2n) is 3.49. The molecule has 0 aliphatic rings. The van der Waals surface area contributed by atoms with Crippen LogP contribution in [-0.2, 0) is 13.1 Å². The summed E-state index contributed by atoms with van der Waals surface area (Å²) < 4.78 is 0. The number of rotatable bonds is 2. The largest absolute Gasteiger partial charge is 0.257 e. The van der Waals surface area contributed by atoms with E-state index in [-0.39, 0.29) is 13.1 Å². The summed E-state index contributed by atoms with van der Waals surface area (Å²) in [5, 5.41) is 6.98. The summed E-state index contributed by atoms with van der Waals surface area (Å²) in [7, 11) is 9.53. The fourth-order valence-corrected chi connectivity index (χ4v) is 1.49. The van der Waals surface area contributed by atoms with Crippen LogP contribution >= 0.6 is 20.2 Å². The Hall–Kier alpha value is -1.46. The van der Waals surface area contributed by atoms with Crippen LogP contribution in [0.1, 0.15) is 0 Å². The van der Waals surface area contributed by atoms with E-state index in [1.807, 2.05) is 36.4 Å². The van der Waals surface area contributed by atoms with Crippen molar-refractivity contribution >= 4 is 20.2 Å². The van der Waals surface area contributed by atoms with E-state index in [2.05, 4.69) is 25.1 Å². The quantitative estimate of drug-likeness (QED) is 0.721. The minimum Gasteiger partial charge on any atom is -0.257 e. The van der Waals surface area contributed by atoms with E-state index < -0.39 is 0 Å². The van der Waals surface area contributed by atoms with E-state index in [4.69, 9.17) is 20.2 Å². The maximum Gasteiger partial charge on any atom is 0.200 e. The van der Waals surface area contributed by atoms with Gasteiger partial charge < -0.3 is 0 Å². The smallest absolute Gasteiger partial charge is 0.200 e. The monoisotopic (exact) mass is 349 g/mol. The molecule has 104 valence electrons. The molecule has 0 bridgehead atoms. The molecule has 3 heterocycles.